The molecule has 0 aliphatic carbocycles. The molecule has 2 amide bonds. The van der Waals surface area contributed by atoms with Crippen LogP contribution in [0.2, 0.25) is 5.02 Å². The van der Waals surface area contributed by atoms with Gasteiger partial charge < -0.3 is 4.90 Å². The zero-order valence-corrected chi connectivity index (χ0v) is 15.7. The molecule has 5 nitrogen and oxygen atoms in total. The standard InChI is InChI=1S/C20H18ClF2N3O2/c21-16-11-15(5-6-17(16)23)26-19(27)12-18(20(26)28)25-9-7-24(8-10-25)14-3-1-13(22)2-4-14/h1-6,11,18H,7-10,12H2/t18-/m1/s1. The van der Waals surface area contributed by atoms with Gasteiger partial charge in [0.2, 0.25) is 5.91 Å². The van der Waals surface area contributed by atoms with Gasteiger partial charge in [0, 0.05) is 31.9 Å². The third kappa shape index (κ3) is 3.47. The maximum absolute atomic E-state index is 13.4. The highest BCUT2D eigenvalue weighted by Crippen LogP contribution is 2.29. The molecule has 1 atom stereocenters. The van der Waals surface area contributed by atoms with Crippen molar-refractivity contribution in [1.82, 2.24) is 4.90 Å². The summed E-state index contributed by atoms with van der Waals surface area (Å²) in [4.78, 5) is 30.5. The molecule has 2 aliphatic rings. The number of piperazine rings is 1. The number of amides is 2. The molecule has 0 aromatic heterocycles. The smallest absolute Gasteiger partial charge is 0.251 e. The predicted octanol–water partition coefficient (Wildman–Crippen LogP) is 3.07. The topological polar surface area (TPSA) is 43.9 Å². The van der Waals surface area contributed by atoms with E-state index in [1.807, 2.05) is 4.90 Å². The van der Waals surface area contributed by atoms with Crippen molar-refractivity contribution in [1.29, 1.82) is 0 Å². The van der Waals surface area contributed by atoms with Gasteiger partial charge in [-0.1, -0.05) is 11.6 Å². The SMILES string of the molecule is O=C1C[C@@H](N2CCN(c3ccc(F)cc3)CC2)C(=O)N1c1ccc(F)c(Cl)c1. The van der Waals surface area contributed by atoms with Gasteiger partial charge in [0.1, 0.15) is 11.6 Å². The summed E-state index contributed by atoms with van der Waals surface area (Å²) in [5.41, 5.74) is 1.21. The quantitative estimate of drug-likeness (QED) is 0.736. The minimum atomic E-state index is -0.599. The van der Waals surface area contributed by atoms with Gasteiger partial charge in [-0.15, -0.1) is 0 Å². The Balaban J connectivity index is 1.44. The van der Waals surface area contributed by atoms with Gasteiger partial charge >= 0.3 is 0 Å². The molecule has 2 aromatic rings. The summed E-state index contributed by atoms with van der Waals surface area (Å²) in [6.07, 6.45) is 0.0877. The minimum absolute atomic E-state index is 0.0877. The number of hydrogen-bond acceptors (Lipinski definition) is 4. The second kappa shape index (κ2) is 7.48. The zero-order valence-electron chi connectivity index (χ0n) is 14.9. The van der Waals surface area contributed by atoms with Crippen LogP contribution in [0.5, 0.6) is 0 Å². The molecule has 0 N–H and O–H groups in total. The first-order valence-corrected chi connectivity index (χ1v) is 9.38. The van der Waals surface area contributed by atoms with Crippen LogP contribution < -0.4 is 9.80 Å². The lowest BCUT2D eigenvalue weighted by atomic mass is 10.1. The Morgan fingerprint density at radius 1 is 0.893 bits per heavy atom. The first-order valence-electron chi connectivity index (χ1n) is 9.00. The number of carbonyl (C=O) groups is 2. The molecular formula is C20H18ClF2N3O2. The summed E-state index contributed by atoms with van der Waals surface area (Å²) in [5, 5.41) is -0.130. The molecule has 8 heteroatoms. The molecule has 0 spiro atoms. The van der Waals surface area contributed by atoms with Crippen LogP contribution in [0, 0.1) is 11.6 Å². The number of halogens is 3. The van der Waals surface area contributed by atoms with E-state index >= 15 is 0 Å². The number of rotatable bonds is 3. The van der Waals surface area contributed by atoms with Crippen molar-refractivity contribution in [2.24, 2.45) is 0 Å². The zero-order chi connectivity index (χ0) is 19.8. The van der Waals surface area contributed by atoms with E-state index in [0.29, 0.717) is 26.2 Å². The Morgan fingerprint density at radius 2 is 1.54 bits per heavy atom. The van der Waals surface area contributed by atoms with E-state index in [1.165, 1.54) is 24.3 Å². The highest BCUT2D eigenvalue weighted by Gasteiger charge is 2.43. The van der Waals surface area contributed by atoms with Crippen LogP contribution >= 0.6 is 11.6 Å². The van der Waals surface area contributed by atoms with Crippen molar-refractivity contribution >= 4 is 34.8 Å². The molecule has 0 unspecified atom stereocenters. The summed E-state index contributed by atoms with van der Waals surface area (Å²) in [7, 11) is 0. The number of imide groups is 1. The maximum atomic E-state index is 13.4. The maximum Gasteiger partial charge on any atom is 0.251 e. The van der Waals surface area contributed by atoms with Crippen molar-refractivity contribution in [2.75, 3.05) is 36.0 Å². The summed E-state index contributed by atoms with van der Waals surface area (Å²) in [5.74, 6) is -1.52. The molecule has 0 bridgehead atoms. The van der Waals surface area contributed by atoms with E-state index in [1.54, 1.807) is 12.1 Å². The van der Waals surface area contributed by atoms with Crippen LogP contribution in [0.3, 0.4) is 0 Å². The van der Waals surface area contributed by atoms with Crippen molar-refractivity contribution in [2.45, 2.75) is 12.5 Å². The van der Waals surface area contributed by atoms with E-state index in [2.05, 4.69) is 4.90 Å². The van der Waals surface area contributed by atoms with E-state index in [-0.39, 0.29) is 34.8 Å². The van der Waals surface area contributed by atoms with Gasteiger partial charge in [-0.3, -0.25) is 14.5 Å². The van der Waals surface area contributed by atoms with Crippen LogP contribution in [0.25, 0.3) is 0 Å². The van der Waals surface area contributed by atoms with Gasteiger partial charge in [0.15, 0.2) is 0 Å². The lowest BCUT2D eigenvalue weighted by Gasteiger charge is -2.38. The lowest BCUT2D eigenvalue weighted by Crippen LogP contribution is -2.52. The molecule has 2 aliphatic heterocycles. The first kappa shape index (κ1) is 18.8. The van der Waals surface area contributed by atoms with Crippen molar-refractivity contribution < 1.29 is 18.4 Å². The van der Waals surface area contributed by atoms with Crippen LogP contribution in [0.4, 0.5) is 20.2 Å². The van der Waals surface area contributed by atoms with Gasteiger partial charge in [-0.05, 0) is 42.5 Å². The van der Waals surface area contributed by atoms with E-state index in [0.717, 1.165) is 16.7 Å². The van der Waals surface area contributed by atoms with Gasteiger partial charge in [0.25, 0.3) is 5.91 Å². The molecule has 2 fully saturated rings. The molecule has 2 aromatic carbocycles. The van der Waals surface area contributed by atoms with Crippen LogP contribution in [0.1, 0.15) is 6.42 Å². The molecule has 4 rings (SSSR count). The average molecular weight is 406 g/mol. The Hall–Kier alpha value is -2.51. The summed E-state index contributed by atoms with van der Waals surface area (Å²) < 4.78 is 26.5. The van der Waals surface area contributed by atoms with Gasteiger partial charge in [-0.2, -0.15) is 0 Å². The van der Waals surface area contributed by atoms with E-state index < -0.39 is 11.9 Å². The molecule has 0 radical (unpaired) electrons. The average Bonchev–Trinajstić information content (AvgIpc) is 2.99. The van der Waals surface area contributed by atoms with E-state index in [4.69, 9.17) is 11.6 Å². The normalized spacial score (nSPS) is 20.9. The fraction of sp³-hybridized carbons (Fsp3) is 0.300. The third-order valence-corrected chi connectivity index (χ3v) is 5.52. The minimum Gasteiger partial charge on any atom is -0.369 e. The van der Waals surface area contributed by atoms with Crippen LogP contribution in [-0.2, 0) is 9.59 Å². The summed E-state index contributed by atoms with van der Waals surface area (Å²) >= 11 is 5.79. The Bertz CT molecular complexity index is 914. The fourth-order valence-electron chi connectivity index (χ4n) is 3.74. The molecule has 0 saturated carbocycles. The molecule has 28 heavy (non-hydrogen) atoms. The van der Waals surface area contributed by atoms with E-state index in [9.17, 15) is 18.4 Å². The highest BCUT2D eigenvalue weighted by atomic mass is 35.5. The van der Waals surface area contributed by atoms with Crippen molar-refractivity contribution in [3.8, 4) is 0 Å². The first-order chi connectivity index (χ1) is 13.4. The molecule has 2 heterocycles. The molecular weight excluding hydrogens is 388 g/mol. The Morgan fingerprint density at radius 3 is 2.18 bits per heavy atom. The van der Waals surface area contributed by atoms with Gasteiger partial charge in [0.05, 0.1) is 23.2 Å². The molecule has 2 saturated heterocycles. The molecule has 146 valence electrons. The summed E-state index contributed by atoms with van der Waals surface area (Å²) in [6, 6.07) is 9.59. The van der Waals surface area contributed by atoms with Crippen molar-refractivity contribution in [3.05, 3.63) is 59.1 Å². The number of anilines is 2. The number of benzene rings is 2. The second-order valence-corrected chi connectivity index (χ2v) is 7.29. The monoisotopic (exact) mass is 405 g/mol. The largest absolute Gasteiger partial charge is 0.369 e. The van der Waals surface area contributed by atoms with Crippen LogP contribution in [-0.4, -0.2) is 48.9 Å². The Labute approximate surface area is 166 Å². The lowest BCUT2D eigenvalue weighted by molar-refractivity contribution is -0.123. The third-order valence-electron chi connectivity index (χ3n) is 5.23. The fourth-order valence-corrected chi connectivity index (χ4v) is 3.92. The second-order valence-electron chi connectivity index (χ2n) is 6.89. The Kier molecular flexibility index (Phi) is 5.03. The number of nitrogens with zero attached hydrogens (tertiary/aromatic N) is 3. The summed E-state index contributed by atoms with van der Waals surface area (Å²) in [6.45, 7) is 2.57. The highest BCUT2D eigenvalue weighted by molar-refractivity contribution is 6.31. The van der Waals surface area contributed by atoms with Crippen LogP contribution in [0.15, 0.2) is 42.5 Å². The van der Waals surface area contributed by atoms with Gasteiger partial charge in [-0.25, -0.2) is 13.7 Å². The van der Waals surface area contributed by atoms with Crippen molar-refractivity contribution in [3.63, 3.8) is 0 Å². The number of hydrogen-bond donors (Lipinski definition) is 0. The predicted molar refractivity (Wildman–Crippen MR) is 102 cm³/mol. The number of carbonyl (C=O) groups excluding carboxylic acids is 2.